The van der Waals surface area contributed by atoms with Crippen molar-refractivity contribution in [2.75, 3.05) is 37.6 Å². The summed E-state index contributed by atoms with van der Waals surface area (Å²) in [5.41, 5.74) is 0.806. The number of carboxylic acids is 1. The van der Waals surface area contributed by atoms with E-state index >= 15 is 0 Å². The molecule has 1 N–H and O–H groups in total. The van der Waals surface area contributed by atoms with Crippen molar-refractivity contribution in [1.29, 1.82) is 0 Å². The molecule has 1 aromatic heterocycles. The standard InChI is InChI=1S/C15H21N3O2/c1-2-7-17-8-10-18(11-9-17)14-5-3-13(12-16-14)4-6-15(19)20/h3-6,12H,2,7-11H2,1H3,(H,19,20)/b6-4+. The van der Waals surface area contributed by atoms with E-state index in [0.29, 0.717) is 0 Å². The lowest BCUT2D eigenvalue weighted by Gasteiger charge is -2.35. The molecule has 2 rings (SSSR count). The lowest BCUT2D eigenvalue weighted by atomic mass is 10.2. The summed E-state index contributed by atoms with van der Waals surface area (Å²) in [5, 5.41) is 8.58. The fourth-order valence-electron chi connectivity index (χ4n) is 2.37. The molecule has 0 unspecified atom stereocenters. The zero-order chi connectivity index (χ0) is 14.4. The first-order chi connectivity index (χ1) is 9.69. The van der Waals surface area contributed by atoms with Gasteiger partial charge in [0.05, 0.1) is 0 Å². The van der Waals surface area contributed by atoms with Crippen LogP contribution in [0.1, 0.15) is 18.9 Å². The van der Waals surface area contributed by atoms with Crippen molar-refractivity contribution >= 4 is 17.9 Å². The van der Waals surface area contributed by atoms with Gasteiger partial charge in [-0.3, -0.25) is 4.90 Å². The first-order valence-corrected chi connectivity index (χ1v) is 7.03. The van der Waals surface area contributed by atoms with E-state index in [2.05, 4.69) is 21.7 Å². The zero-order valence-electron chi connectivity index (χ0n) is 11.8. The van der Waals surface area contributed by atoms with Crippen molar-refractivity contribution in [3.63, 3.8) is 0 Å². The van der Waals surface area contributed by atoms with Crippen LogP contribution in [0.3, 0.4) is 0 Å². The van der Waals surface area contributed by atoms with Gasteiger partial charge in [-0.25, -0.2) is 9.78 Å². The molecule has 5 nitrogen and oxygen atoms in total. The Morgan fingerprint density at radius 3 is 2.65 bits per heavy atom. The van der Waals surface area contributed by atoms with Crippen LogP contribution in [0.2, 0.25) is 0 Å². The lowest BCUT2D eigenvalue weighted by molar-refractivity contribution is -0.131. The minimum atomic E-state index is -0.943. The van der Waals surface area contributed by atoms with E-state index in [1.165, 1.54) is 13.0 Å². The second kappa shape index (κ2) is 7.05. The number of aliphatic carboxylic acids is 1. The molecule has 0 bridgehead atoms. The van der Waals surface area contributed by atoms with Crippen molar-refractivity contribution in [2.24, 2.45) is 0 Å². The Hall–Kier alpha value is -1.88. The van der Waals surface area contributed by atoms with E-state index < -0.39 is 5.97 Å². The Morgan fingerprint density at radius 2 is 2.10 bits per heavy atom. The predicted octanol–water partition coefficient (Wildman–Crippen LogP) is 1.71. The number of rotatable bonds is 5. The van der Waals surface area contributed by atoms with Crippen molar-refractivity contribution in [3.8, 4) is 0 Å². The van der Waals surface area contributed by atoms with E-state index in [1.54, 1.807) is 12.3 Å². The molecule has 1 aliphatic heterocycles. The van der Waals surface area contributed by atoms with Crippen LogP contribution in [-0.2, 0) is 4.79 Å². The van der Waals surface area contributed by atoms with Gasteiger partial charge in [0.1, 0.15) is 5.82 Å². The molecule has 0 aliphatic carbocycles. The Morgan fingerprint density at radius 1 is 1.35 bits per heavy atom. The van der Waals surface area contributed by atoms with Gasteiger partial charge in [0.25, 0.3) is 0 Å². The third-order valence-electron chi connectivity index (χ3n) is 3.43. The summed E-state index contributed by atoms with van der Waals surface area (Å²) < 4.78 is 0. The predicted molar refractivity (Wildman–Crippen MR) is 79.9 cm³/mol. The van der Waals surface area contributed by atoms with Gasteiger partial charge < -0.3 is 10.0 Å². The van der Waals surface area contributed by atoms with E-state index in [0.717, 1.165) is 43.6 Å². The largest absolute Gasteiger partial charge is 0.478 e. The van der Waals surface area contributed by atoms with E-state index in [-0.39, 0.29) is 0 Å². The van der Waals surface area contributed by atoms with Crippen LogP contribution in [-0.4, -0.2) is 53.7 Å². The van der Waals surface area contributed by atoms with Gasteiger partial charge in [-0.2, -0.15) is 0 Å². The highest BCUT2D eigenvalue weighted by Gasteiger charge is 2.16. The van der Waals surface area contributed by atoms with Gasteiger partial charge in [-0.1, -0.05) is 6.92 Å². The third kappa shape index (κ3) is 4.06. The molecule has 0 spiro atoms. The number of aromatic nitrogens is 1. The average Bonchev–Trinajstić information content (AvgIpc) is 2.47. The molecular formula is C15H21N3O2. The maximum atomic E-state index is 10.5. The fourth-order valence-corrected chi connectivity index (χ4v) is 2.37. The number of hydrogen-bond acceptors (Lipinski definition) is 4. The molecule has 0 amide bonds. The highest BCUT2D eigenvalue weighted by molar-refractivity contribution is 5.85. The summed E-state index contributed by atoms with van der Waals surface area (Å²) in [6.07, 6.45) is 5.59. The van der Waals surface area contributed by atoms with Gasteiger partial charge in [0.15, 0.2) is 0 Å². The quantitative estimate of drug-likeness (QED) is 0.829. The number of nitrogens with zero attached hydrogens (tertiary/aromatic N) is 3. The first kappa shape index (κ1) is 14.5. The lowest BCUT2D eigenvalue weighted by Crippen LogP contribution is -2.46. The van der Waals surface area contributed by atoms with Crippen LogP contribution in [0.5, 0.6) is 0 Å². The highest BCUT2D eigenvalue weighted by Crippen LogP contribution is 2.14. The number of piperazine rings is 1. The van der Waals surface area contributed by atoms with Crippen LogP contribution >= 0.6 is 0 Å². The molecule has 1 saturated heterocycles. The van der Waals surface area contributed by atoms with Crippen molar-refractivity contribution < 1.29 is 9.90 Å². The Labute approximate surface area is 119 Å². The zero-order valence-corrected chi connectivity index (χ0v) is 11.8. The molecule has 2 heterocycles. The summed E-state index contributed by atoms with van der Waals surface area (Å²) in [6.45, 7) is 7.53. The monoisotopic (exact) mass is 275 g/mol. The SMILES string of the molecule is CCCN1CCN(c2ccc(/C=C/C(=O)O)cn2)CC1. The molecule has 1 fully saturated rings. The Kier molecular flexibility index (Phi) is 5.12. The summed E-state index contributed by atoms with van der Waals surface area (Å²) >= 11 is 0. The molecule has 0 atom stereocenters. The molecule has 0 saturated carbocycles. The van der Waals surface area contributed by atoms with Crippen LogP contribution < -0.4 is 4.90 Å². The summed E-state index contributed by atoms with van der Waals surface area (Å²) in [7, 11) is 0. The molecule has 0 aromatic carbocycles. The average molecular weight is 275 g/mol. The van der Waals surface area contributed by atoms with Gasteiger partial charge in [-0.15, -0.1) is 0 Å². The molecule has 0 radical (unpaired) electrons. The first-order valence-electron chi connectivity index (χ1n) is 7.03. The van der Waals surface area contributed by atoms with Gasteiger partial charge in [-0.05, 0) is 36.7 Å². The molecule has 1 aromatic rings. The van der Waals surface area contributed by atoms with E-state index in [4.69, 9.17) is 5.11 Å². The summed E-state index contributed by atoms with van der Waals surface area (Å²) in [4.78, 5) is 19.6. The summed E-state index contributed by atoms with van der Waals surface area (Å²) in [6, 6.07) is 3.86. The topological polar surface area (TPSA) is 56.7 Å². The maximum absolute atomic E-state index is 10.5. The van der Waals surface area contributed by atoms with Crippen LogP contribution in [0, 0.1) is 0 Å². The van der Waals surface area contributed by atoms with E-state index in [1.807, 2.05) is 12.1 Å². The second-order valence-electron chi connectivity index (χ2n) is 4.95. The third-order valence-corrected chi connectivity index (χ3v) is 3.43. The fraction of sp³-hybridized carbons (Fsp3) is 0.467. The smallest absolute Gasteiger partial charge is 0.328 e. The highest BCUT2D eigenvalue weighted by atomic mass is 16.4. The maximum Gasteiger partial charge on any atom is 0.328 e. The number of pyridine rings is 1. The van der Waals surface area contributed by atoms with Crippen LogP contribution in [0.15, 0.2) is 24.4 Å². The van der Waals surface area contributed by atoms with Crippen LogP contribution in [0.25, 0.3) is 6.08 Å². The number of hydrogen-bond donors (Lipinski definition) is 1. The second-order valence-corrected chi connectivity index (χ2v) is 4.95. The van der Waals surface area contributed by atoms with Crippen LogP contribution in [0.4, 0.5) is 5.82 Å². The minimum absolute atomic E-state index is 0.806. The number of carbonyl (C=O) groups is 1. The number of anilines is 1. The molecule has 5 heteroatoms. The van der Waals surface area contributed by atoms with Gasteiger partial charge in [0.2, 0.25) is 0 Å². The van der Waals surface area contributed by atoms with Crippen molar-refractivity contribution in [3.05, 3.63) is 30.0 Å². The molecular weight excluding hydrogens is 254 g/mol. The molecule has 108 valence electrons. The molecule has 1 aliphatic rings. The Bertz CT molecular complexity index is 463. The minimum Gasteiger partial charge on any atom is -0.478 e. The molecule has 20 heavy (non-hydrogen) atoms. The van der Waals surface area contributed by atoms with Gasteiger partial charge in [0, 0.05) is 38.5 Å². The Balaban J connectivity index is 1.92. The van der Waals surface area contributed by atoms with Gasteiger partial charge >= 0.3 is 5.97 Å². The summed E-state index contributed by atoms with van der Waals surface area (Å²) in [5.74, 6) is 0.0229. The van der Waals surface area contributed by atoms with E-state index in [9.17, 15) is 4.79 Å². The van der Waals surface area contributed by atoms with Crippen molar-refractivity contribution in [1.82, 2.24) is 9.88 Å². The number of carboxylic acid groups (broad SMARTS) is 1. The normalized spacial score (nSPS) is 16.8. The van der Waals surface area contributed by atoms with Crippen molar-refractivity contribution in [2.45, 2.75) is 13.3 Å².